The van der Waals surface area contributed by atoms with Gasteiger partial charge in [-0.05, 0) is 37.1 Å². The number of nitrogens with one attached hydrogen (secondary N) is 1. The van der Waals surface area contributed by atoms with Crippen LogP contribution in [-0.2, 0) is 9.84 Å². The second-order valence-corrected chi connectivity index (χ2v) is 9.92. The van der Waals surface area contributed by atoms with Crippen molar-refractivity contribution in [2.24, 2.45) is 0 Å². The van der Waals surface area contributed by atoms with Gasteiger partial charge in [-0.3, -0.25) is 0 Å². The van der Waals surface area contributed by atoms with E-state index in [4.69, 9.17) is 19.8 Å². The Morgan fingerprint density at radius 3 is 2.50 bits per heavy atom. The zero-order chi connectivity index (χ0) is 24.9. The molecule has 11 nitrogen and oxygen atoms in total. The van der Waals surface area contributed by atoms with Crippen molar-refractivity contribution in [3.8, 4) is 28.8 Å². The molecular weight excluding hydrogens is 462 g/mol. The van der Waals surface area contributed by atoms with Gasteiger partial charge in [-0.15, -0.1) is 0 Å². The number of aromatic nitrogens is 3. The predicted octanol–water partition coefficient (Wildman–Crippen LogP) is 2.46. The summed E-state index contributed by atoms with van der Waals surface area (Å²) in [4.78, 5) is 14.4. The topological polar surface area (TPSA) is 156 Å². The summed E-state index contributed by atoms with van der Waals surface area (Å²) < 4.78 is 33.3. The lowest BCUT2D eigenvalue weighted by molar-refractivity contribution is 0.195. The number of rotatable bonds is 7. The number of ether oxygens (including phenoxy) is 2. The lowest BCUT2D eigenvalue weighted by atomic mass is 10.1. The van der Waals surface area contributed by atoms with Crippen LogP contribution in [0.4, 0.5) is 4.79 Å². The number of hydrogen-bond acceptors (Lipinski definition) is 8. The second-order valence-electron chi connectivity index (χ2n) is 7.66. The van der Waals surface area contributed by atoms with Crippen LogP contribution in [0.2, 0.25) is 0 Å². The molecule has 12 heteroatoms. The van der Waals surface area contributed by atoms with Gasteiger partial charge in [0.1, 0.15) is 21.7 Å². The van der Waals surface area contributed by atoms with Crippen molar-refractivity contribution in [3.05, 3.63) is 41.7 Å². The van der Waals surface area contributed by atoms with Gasteiger partial charge in [-0.1, -0.05) is 6.07 Å². The maximum absolute atomic E-state index is 10.4. The van der Waals surface area contributed by atoms with E-state index in [0.29, 0.717) is 28.6 Å². The third-order valence-corrected chi connectivity index (χ3v) is 5.94. The molecule has 0 atom stereocenters. The number of methoxy groups -OCH3 is 2. The Labute approximate surface area is 196 Å². The van der Waals surface area contributed by atoms with Crippen molar-refractivity contribution in [2.75, 3.05) is 32.8 Å². The van der Waals surface area contributed by atoms with Gasteiger partial charge < -0.3 is 19.9 Å². The Kier molecular flexibility index (Phi) is 7.57. The van der Waals surface area contributed by atoms with Gasteiger partial charge in [-0.25, -0.2) is 22.7 Å². The van der Waals surface area contributed by atoms with Crippen LogP contribution in [0.25, 0.3) is 16.9 Å². The van der Waals surface area contributed by atoms with E-state index in [2.05, 4.69) is 16.2 Å². The molecule has 34 heavy (non-hydrogen) atoms. The number of amides is 1. The van der Waals surface area contributed by atoms with Gasteiger partial charge in [0.25, 0.3) is 0 Å². The number of hydrogen-bond donors (Lipinski definition) is 2. The van der Waals surface area contributed by atoms with E-state index in [1.165, 1.54) is 0 Å². The Morgan fingerprint density at radius 2 is 1.94 bits per heavy atom. The molecule has 0 saturated heterocycles. The minimum atomic E-state index is -3.05. The largest absolute Gasteiger partial charge is 0.495 e. The van der Waals surface area contributed by atoms with E-state index in [1.807, 2.05) is 34.1 Å². The zero-order valence-corrected chi connectivity index (χ0v) is 19.8. The van der Waals surface area contributed by atoms with E-state index in [0.717, 1.165) is 36.2 Å². The zero-order valence-electron chi connectivity index (χ0n) is 19.0. The number of carboxylic acid groups (broad SMARTS) is 1. The first-order valence-electron chi connectivity index (χ1n) is 10.3. The summed E-state index contributed by atoms with van der Waals surface area (Å²) in [6, 6.07) is 11.4. The first kappa shape index (κ1) is 24.8. The highest BCUT2D eigenvalue weighted by Crippen LogP contribution is 2.39. The Morgan fingerprint density at radius 1 is 1.24 bits per heavy atom. The van der Waals surface area contributed by atoms with E-state index < -0.39 is 15.9 Å². The number of nitriles is 1. The first-order chi connectivity index (χ1) is 16.2. The summed E-state index contributed by atoms with van der Waals surface area (Å²) in [5.41, 5.74) is 3.00. The average Bonchev–Trinajstić information content (AvgIpc) is 3.55. The van der Waals surface area contributed by atoms with Crippen LogP contribution in [0, 0.1) is 11.3 Å². The number of pyridine rings is 1. The van der Waals surface area contributed by atoms with E-state index >= 15 is 0 Å². The summed E-state index contributed by atoms with van der Waals surface area (Å²) >= 11 is 0. The van der Waals surface area contributed by atoms with Crippen molar-refractivity contribution >= 4 is 21.6 Å². The summed E-state index contributed by atoms with van der Waals surface area (Å²) in [6.07, 6.45) is 2.12. The van der Waals surface area contributed by atoms with Gasteiger partial charge in [0.2, 0.25) is 0 Å². The number of nitrogens with zero attached hydrogens (tertiary/aromatic N) is 4. The highest BCUT2D eigenvalue weighted by molar-refractivity contribution is 7.90. The molecule has 0 radical (unpaired) electrons. The monoisotopic (exact) mass is 487 g/mol. The highest BCUT2D eigenvalue weighted by Gasteiger charge is 2.29. The molecule has 1 saturated carbocycles. The number of benzene rings is 1. The van der Waals surface area contributed by atoms with Gasteiger partial charge in [0.15, 0.2) is 17.2 Å². The summed E-state index contributed by atoms with van der Waals surface area (Å²) in [5.74, 6) is 2.40. The highest BCUT2D eigenvalue weighted by atomic mass is 32.2. The van der Waals surface area contributed by atoms with Gasteiger partial charge in [-0.2, -0.15) is 10.4 Å². The molecule has 2 aromatic heterocycles. The van der Waals surface area contributed by atoms with Crippen molar-refractivity contribution in [3.63, 3.8) is 0 Å². The molecule has 0 bridgehead atoms. The van der Waals surface area contributed by atoms with E-state index in [1.54, 1.807) is 20.3 Å². The Balaban J connectivity index is 0.000000277. The molecule has 180 valence electrons. The quantitative estimate of drug-likeness (QED) is 0.511. The fraction of sp³-hybridized carbons (Fsp3) is 0.364. The summed E-state index contributed by atoms with van der Waals surface area (Å²) in [7, 11) is 0.144. The number of fused-ring (bicyclic) bond motifs is 1. The van der Waals surface area contributed by atoms with E-state index in [9.17, 15) is 13.2 Å². The van der Waals surface area contributed by atoms with Gasteiger partial charge >= 0.3 is 6.09 Å². The van der Waals surface area contributed by atoms with Crippen molar-refractivity contribution in [1.82, 2.24) is 19.9 Å². The molecule has 0 aliphatic heterocycles. The molecule has 2 heterocycles. The molecule has 1 aromatic carbocycles. The molecule has 1 aliphatic rings. The molecule has 0 unspecified atom stereocenters. The van der Waals surface area contributed by atoms with Crippen LogP contribution >= 0.6 is 0 Å². The van der Waals surface area contributed by atoms with Crippen LogP contribution in [0.3, 0.4) is 0 Å². The fourth-order valence-electron chi connectivity index (χ4n) is 3.13. The Hall–Kier alpha value is -3.85. The standard InChI is InChI=1S/C18H16N4O2.C4H9NO4S/c1-23-15-8-7-14(12-5-6-13(10-19)16(9-12)24-2)22-18(15)20-17(21-22)11-3-4-11;1-10(8,9)3-2-5-4(6)7/h5-9,11H,3-4H2,1-2H3;5H,2-3H2,1H3,(H,6,7). The minimum absolute atomic E-state index is 0.0475. The lowest BCUT2D eigenvalue weighted by Crippen LogP contribution is -2.26. The van der Waals surface area contributed by atoms with Crippen LogP contribution in [0.15, 0.2) is 30.3 Å². The first-order valence-corrected chi connectivity index (χ1v) is 12.4. The molecule has 2 N–H and O–H groups in total. The number of sulfone groups is 1. The second kappa shape index (κ2) is 10.4. The third kappa shape index (κ3) is 6.14. The predicted molar refractivity (Wildman–Crippen MR) is 124 cm³/mol. The molecule has 4 rings (SSSR count). The molecule has 1 aliphatic carbocycles. The van der Waals surface area contributed by atoms with Gasteiger partial charge in [0.05, 0.1) is 31.2 Å². The maximum atomic E-state index is 10.4. The maximum Gasteiger partial charge on any atom is 0.404 e. The third-order valence-electron chi connectivity index (χ3n) is 4.99. The molecule has 1 fully saturated rings. The molecular formula is C22H25N5O6S. The average molecular weight is 488 g/mol. The minimum Gasteiger partial charge on any atom is -0.495 e. The van der Waals surface area contributed by atoms with Crippen LogP contribution in [0.5, 0.6) is 11.5 Å². The van der Waals surface area contributed by atoms with E-state index in [-0.39, 0.29) is 12.3 Å². The summed E-state index contributed by atoms with van der Waals surface area (Å²) in [6.45, 7) is -0.0475. The van der Waals surface area contributed by atoms with Crippen molar-refractivity contribution in [1.29, 1.82) is 5.26 Å². The SMILES string of the molecule is COc1cc(-c2ccc(OC)c3nc(C4CC4)nn23)ccc1C#N.CS(=O)(=O)CCNC(=O)O. The Bertz CT molecular complexity index is 1340. The van der Waals surface area contributed by atoms with Gasteiger partial charge in [0, 0.05) is 24.3 Å². The molecule has 0 spiro atoms. The lowest BCUT2D eigenvalue weighted by Gasteiger charge is -2.09. The van der Waals surface area contributed by atoms with Crippen LogP contribution in [-0.4, -0.2) is 67.0 Å². The molecule has 1 amide bonds. The van der Waals surface area contributed by atoms with Crippen LogP contribution < -0.4 is 14.8 Å². The summed E-state index contributed by atoms with van der Waals surface area (Å²) in [5, 5.41) is 23.8. The number of carbonyl (C=O) groups is 1. The van der Waals surface area contributed by atoms with Crippen LogP contribution in [0.1, 0.15) is 30.1 Å². The smallest absolute Gasteiger partial charge is 0.404 e. The normalized spacial score (nSPS) is 12.9. The fourth-order valence-corrected chi connectivity index (χ4v) is 3.61. The van der Waals surface area contributed by atoms with Crippen molar-refractivity contribution < 1.29 is 27.8 Å². The molecule has 3 aromatic rings. The van der Waals surface area contributed by atoms with Crippen molar-refractivity contribution in [2.45, 2.75) is 18.8 Å².